The van der Waals surface area contributed by atoms with Crippen molar-refractivity contribution >= 4 is 5.91 Å². The minimum Gasteiger partial charge on any atom is -0.356 e. The summed E-state index contributed by atoms with van der Waals surface area (Å²) in [7, 11) is 0. The number of carbonyl (C=O) groups is 1. The summed E-state index contributed by atoms with van der Waals surface area (Å²) in [5, 5.41) is 6.39. The van der Waals surface area contributed by atoms with Crippen LogP contribution in [0.3, 0.4) is 0 Å². The highest BCUT2D eigenvalue weighted by Crippen LogP contribution is 2.30. The lowest BCUT2D eigenvalue weighted by atomic mass is 9.98. The Morgan fingerprint density at radius 2 is 2.00 bits per heavy atom. The van der Waals surface area contributed by atoms with Gasteiger partial charge >= 0.3 is 0 Å². The number of rotatable bonds is 5. The van der Waals surface area contributed by atoms with Crippen LogP contribution in [-0.2, 0) is 4.79 Å². The number of nitrogens with one attached hydrogen (secondary N) is 2. The maximum absolute atomic E-state index is 11.6. The smallest absolute Gasteiger partial charge is 0.221 e. The molecule has 0 radical (unpaired) electrons. The Labute approximate surface area is 106 Å². The lowest BCUT2D eigenvalue weighted by molar-refractivity contribution is -0.121. The third-order valence-corrected chi connectivity index (χ3v) is 3.61. The molecule has 1 aliphatic rings. The van der Waals surface area contributed by atoms with Gasteiger partial charge in [-0.3, -0.25) is 4.79 Å². The van der Waals surface area contributed by atoms with E-state index in [-0.39, 0.29) is 11.4 Å². The van der Waals surface area contributed by atoms with Crippen molar-refractivity contribution in [2.75, 3.05) is 13.1 Å². The Hall–Kier alpha value is -0.570. The minimum atomic E-state index is 0.0975. The second-order valence-electron chi connectivity index (χ2n) is 6.40. The van der Waals surface area contributed by atoms with Gasteiger partial charge in [-0.1, -0.05) is 19.8 Å². The molecule has 0 aromatic carbocycles. The van der Waals surface area contributed by atoms with Crippen LogP contribution < -0.4 is 10.6 Å². The fourth-order valence-electron chi connectivity index (χ4n) is 2.41. The lowest BCUT2D eigenvalue weighted by Gasteiger charge is -2.20. The Morgan fingerprint density at radius 3 is 2.53 bits per heavy atom. The van der Waals surface area contributed by atoms with E-state index < -0.39 is 0 Å². The van der Waals surface area contributed by atoms with E-state index in [0.29, 0.717) is 12.3 Å². The second kappa shape index (κ2) is 6.39. The third-order valence-electron chi connectivity index (χ3n) is 3.61. The molecule has 2 unspecified atom stereocenters. The van der Waals surface area contributed by atoms with E-state index in [9.17, 15) is 4.79 Å². The average molecular weight is 240 g/mol. The third kappa shape index (κ3) is 6.06. The summed E-state index contributed by atoms with van der Waals surface area (Å²) < 4.78 is 0. The van der Waals surface area contributed by atoms with Crippen molar-refractivity contribution in [3.8, 4) is 0 Å². The molecule has 1 aliphatic carbocycles. The predicted molar refractivity (Wildman–Crippen MR) is 71.9 cm³/mol. The highest BCUT2D eigenvalue weighted by Gasteiger charge is 2.23. The molecule has 2 N–H and O–H groups in total. The van der Waals surface area contributed by atoms with E-state index in [2.05, 4.69) is 38.3 Å². The predicted octanol–water partition coefficient (Wildman–Crippen LogP) is 2.32. The summed E-state index contributed by atoms with van der Waals surface area (Å²) in [5.41, 5.74) is 0.0975. The zero-order chi connectivity index (χ0) is 12.9. The van der Waals surface area contributed by atoms with Crippen LogP contribution >= 0.6 is 0 Å². The number of hydrogen-bond donors (Lipinski definition) is 2. The van der Waals surface area contributed by atoms with E-state index in [1.165, 1.54) is 19.3 Å². The van der Waals surface area contributed by atoms with Gasteiger partial charge in [0.1, 0.15) is 0 Å². The highest BCUT2D eigenvalue weighted by atomic mass is 16.1. The molecular formula is C14H28N2O. The molecule has 1 rings (SSSR count). The molecule has 3 nitrogen and oxygen atoms in total. The molecule has 0 heterocycles. The van der Waals surface area contributed by atoms with E-state index in [0.717, 1.165) is 19.0 Å². The van der Waals surface area contributed by atoms with Crippen LogP contribution in [0.2, 0.25) is 0 Å². The van der Waals surface area contributed by atoms with Gasteiger partial charge in [0, 0.05) is 25.0 Å². The van der Waals surface area contributed by atoms with Gasteiger partial charge in [-0.25, -0.2) is 0 Å². The van der Waals surface area contributed by atoms with Crippen LogP contribution in [0.5, 0.6) is 0 Å². The van der Waals surface area contributed by atoms with Crippen LogP contribution in [0, 0.1) is 11.8 Å². The molecule has 1 saturated carbocycles. The summed E-state index contributed by atoms with van der Waals surface area (Å²) in [6, 6.07) is 0. The maximum atomic E-state index is 11.6. The second-order valence-corrected chi connectivity index (χ2v) is 6.40. The summed E-state index contributed by atoms with van der Waals surface area (Å²) in [6.07, 6.45) is 4.51. The Morgan fingerprint density at radius 1 is 1.29 bits per heavy atom. The molecule has 0 bridgehead atoms. The number of hydrogen-bond acceptors (Lipinski definition) is 2. The SMILES string of the molecule is CC1CCCC1CNC(=O)CCNC(C)(C)C. The van der Waals surface area contributed by atoms with Gasteiger partial charge < -0.3 is 10.6 Å². The largest absolute Gasteiger partial charge is 0.356 e. The standard InChI is InChI=1S/C14H28N2O/c1-11-6-5-7-12(11)10-15-13(17)8-9-16-14(2,3)4/h11-12,16H,5-10H2,1-4H3,(H,15,17). The van der Waals surface area contributed by atoms with Gasteiger partial charge in [0.2, 0.25) is 5.91 Å². The minimum absolute atomic E-state index is 0.0975. The van der Waals surface area contributed by atoms with Crippen molar-refractivity contribution in [1.29, 1.82) is 0 Å². The van der Waals surface area contributed by atoms with Crippen molar-refractivity contribution in [2.24, 2.45) is 11.8 Å². The Bertz CT molecular complexity index is 245. The molecule has 2 atom stereocenters. The maximum Gasteiger partial charge on any atom is 0.221 e. The lowest BCUT2D eigenvalue weighted by Crippen LogP contribution is -2.39. The van der Waals surface area contributed by atoms with Crippen LogP contribution in [0.25, 0.3) is 0 Å². The molecule has 0 aromatic rings. The molecule has 1 amide bonds. The van der Waals surface area contributed by atoms with Gasteiger partial charge in [0.15, 0.2) is 0 Å². The molecule has 1 fully saturated rings. The molecule has 3 heteroatoms. The summed E-state index contributed by atoms with van der Waals surface area (Å²) in [4.78, 5) is 11.6. The quantitative estimate of drug-likeness (QED) is 0.774. The van der Waals surface area contributed by atoms with Crippen molar-refractivity contribution in [3.63, 3.8) is 0 Å². The van der Waals surface area contributed by atoms with Crippen LogP contribution in [0.15, 0.2) is 0 Å². The van der Waals surface area contributed by atoms with Crippen LogP contribution in [0.1, 0.15) is 53.4 Å². The van der Waals surface area contributed by atoms with Crippen LogP contribution in [0.4, 0.5) is 0 Å². The molecular weight excluding hydrogens is 212 g/mol. The summed E-state index contributed by atoms with van der Waals surface area (Å²) in [6.45, 7) is 10.3. The van der Waals surface area contributed by atoms with Gasteiger partial charge in [-0.05, 0) is 39.0 Å². The summed E-state index contributed by atoms with van der Waals surface area (Å²) in [5.74, 6) is 1.67. The molecule has 0 aromatic heterocycles. The van der Waals surface area contributed by atoms with E-state index in [1.54, 1.807) is 0 Å². The van der Waals surface area contributed by atoms with Gasteiger partial charge in [0.25, 0.3) is 0 Å². The zero-order valence-corrected chi connectivity index (χ0v) is 11.8. The van der Waals surface area contributed by atoms with Crippen LogP contribution in [-0.4, -0.2) is 24.5 Å². The van der Waals surface area contributed by atoms with Crippen molar-refractivity contribution < 1.29 is 4.79 Å². The highest BCUT2D eigenvalue weighted by molar-refractivity contribution is 5.76. The number of carbonyl (C=O) groups excluding carboxylic acids is 1. The fourth-order valence-corrected chi connectivity index (χ4v) is 2.41. The van der Waals surface area contributed by atoms with Gasteiger partial charge in [-0.2, -0.15) is 0 Å². The normalized spacial score (nSPS) is 24.9. The van der Waals surface area contributed by atoms with Gasteiger partial charge in [-0.15, -0.1) is 0 Å². The summed E-state index contributed by atoms with van der Waals surface area (Å²) >= 11 is 0. The molecule has 17 heavy (non-hydrogen) atoms. The fraction of sp³-hybridized carbons (Fsp3) is 0.929. The first-order valence-corrected chi connectivity index (χ1v) is 6.90. The van der Waals surface area contributed by atoms with E-state index in [4.69, 9.17) is 0 Å². The number of amides is 1. The van der Waals surface area contributed by atoms with Crippen molar-refractivity contribution in [2.45, 2.75) is 58.9 Å². The Kier molecular flexibility index (Phi) is 5.44. The van der Waals surface area contributed by atoms with E-state index >= 15 is 0 Å². The topological polar surface area (TPSA) is 41.1 Å². The first kappa shape index (κ1) is 14.5. The molecule has 0 saturated heterocycles. The Balaban J connectivity index is 2.09. The van der Waals surface area contributed by atoms with Gasteiger partial charge in [0.05, 0.1) is 0 Å². The molecule has 100 valence electrons. The average Bonchev–Trinajstić information content (AvgIpc) is 2.59. The monoisotopic (exact) mass is 240 g/mol. The first-order valence-electron chi connectivity index (χ1n) is 6.90. The van der Waals surface area contributed by atoms with Crippen molar-refractivity contribution in [3.05, 3.63) is 0 Å². The van der Waals surface area contributed by atoms with Crippen molar-refractivity contribution in [1.82, 2.24) is 10.6 Å². The molecule has 0 aliphatic heterocycles. The van der Waals surface area contributed by atoms with E-state index in [1.807, 2.05) is 0 Å². The zero-order valence-electron chi connectivity index (χ0n) is 11.8. The molecule has 0 spiro atoms. The first-order chi connectivity index (χ1) is 7.88.